The summed E-state index contributed by atoms with van der Waals surface area (Å²) in [6.45, 7) is 10.4. The molecule has 3 nitrogen and oxygen atoms in total. The van der Waals surface area contributed by atoms with Gasteiger partial charge in [-0.1, -0.05) is 19.8 Å². The van der Waals surface area contributed by atoms with Crippen LogP contribution in [-0.2, 0) is 4.74 Å². The van der Waals surface area contributed by atoms with Crippen LogP contribution in [-0.4, -0.2) is 62.3 Å². The molecule has 1 heterocycles. The molecule has 0 amide bonds. The van der Waals surface area contributed by atoms with E-state index in [1.165, 1.54) is 50.3 Å². The highest BCUT2D eigenvalue weighted by Crippen LogP contribution is 2.40. The average molecular weight is 315 g/mol. The minimum absolute atomic E-state index is 0.488. The highest BCUT2D eigenvalue weighted by molar-refractivity contribution is 7.99. The SMILES string of the molecule is COCCNCC1(CN2CCSCC2C)CCCC(C)C1. The van der Waals surface area contributed by atoms with E-state index >= 15 is 0 Å². The Morgan fingerprint density at radius 3 is 2.95 bits per heavy atom. The van der Waals surface area contributed by atoms with Crippen LogP contribution >= 0.6 is 11.8 Å². The fourth-order valence-electron chi connectivity index (χ4n) is 4.08. The Bertz CT molecular complexity index is 303. The standard InChI is InChI=1S/C17H34N2OS/c1-15-5-4-6-17(11-15,13-18-7-9-20-3)14-19-8-10-21-12-16(19)2/h15-16,18H,4-14H2,1-3H3. The van der Waals surface area contributed by atoms with E-state index in [4.69, 9.17) is 4.74 Å². The molecule has 21 heavy (non-hydrogen) atoms. The number of nitrogens with one attached hydrogen (secondary N) is 1. The predicted molar refractivity (Wildman–Crippen MR) is 93.2 cm³/mol. The third-order valence-corrected chi connectivity index (χ3v) is 6.40. The Morgan fingerprint density at radius 1 is 1.38 bits per heavy atom. The van der Waals surface area contributed by atoms with Gasteiger partial charge in [0.15, 0.2) is 0 Å². The van der Waals surface area contributed by atoms with Gasteiger partial charge in [0.1, 0.15) is 0 Å². The third-order valence-electron chi connectivity index (χ3n) is 5.21. The summed E-state index contributed by atoms with van der Waals surface area (Å²) in [7, 11) is 1.78. The Labute approximate surface area is 135 Å². The average Bonchev–Trinajstić information content (AvgIpc) is 2.46. The molecule has 1 saturated carbocycles. The molecule has 1 aliphatic carbocycles. The first kappa shape index (κ1) is 17.6. The number of hydrogen-bond donors (Lipinski definition) is 1. The Morgan fingerprint density at radius 2 is 2.24 bits per heavy atom. The fourth-order valence-corrected chi connectivity index (χ4v) is 5.17. The molecular formula is C17H34N2OS. The summed E-state index contributed by atoms with van der Waals surface area (Å²) in [6, 6.07) is 0.747. The van der Waals surface area contributed by atoms with Gasteiger partial charge in [0.2, 0.25) is 0 Å². The molecule has 1 aliphatic heterocycles. The summed E-state index contributed by atoms with van der Waals surface area (Å²) >= 11 is 2.12. The van der Waals surface area contributed by atoms with E-state index < -0.39 is 0 Å². The number of rotatable bonds is 7. The zero-order valence-electron chi connectivity index (χ0n) is 14.2. The summed E-state index contributed by atoms with van der Waals surface area (Å²) < 4.78 is 5.18. The summed E-state index contributed by atoms with van der Waals surface area (Å²) in [5, 5.41) is 3.66. The Balaban J connectivity index is 1.93. The molecule has 3 atom stereocenters. The zero-order chi connectivity index (χ0) is 15.1. The van der Waals surface area contributed by atoms with Crippen molar-refractivity contribution >= 4 is 11.8 Å². The van der Waals surface area contributed by atoms with Crippen LogP contribution in [0.5, 0.6) is 0 Å². The molecule has 0 bridgehead atoms. The second-order valence-corrected chi connectivity index (χ2v) is 8.42. The maximum atomic E-state index is 5.18. The van der Waals surface area contributed by atoms with Gasteiger partial charge in [0.25, 0.3) is 0 Å². The van der Waals surface area contributed by atoms with Crippen LogP contribution < -0.4 is 5.32 Å². The first-order valence-electron chi connectivity index (χ1n) is 8.67. The Kier molecular flexibility index (Phi) is 7.33. The number of nitrogens with zero attached hydrogens (tertiary/aromatic N) is 1. The molecule has 0 aromatic carbocycles. The van der Waals surface area contributed by atoms with Crippen molar-refractivity contribution < 1.29 is 4.74 Å². The predicted octanol–water partition coefficient (Wildman–Crippen LogP) is 2.86. The molecule has 1 saturated heterocycles. The maximum Gasteiger partial charge on any atom is 0.0587 e. The van der Waals surface area contributed by atoms with Crippen LogP contribution in [0.25, 0.3) is 0 Å². The summed E-state index contributed by atoms with van der Waals surface area (Å²) in [5.41, 5.74) is 0.488. The summed E-state index contributed by atoms with van der Waals surface area (Å²) in [5.74, 6) is 3.51. The highest BCUT2D eigenvalue weighted by Gasteiger charge is 2.37. The molecule has 0 aromatic rings. The molecule has 0 spiro atoms. The largest absolute Gasteiger partial charge is 0.383 e. The van der Waals surface area contributed by atoms with Crippen molar-refractivity contribution in [3.05, 3.63) is 0 Å². The van der Waals surface area contributed by atoms with Gasteiger partial charge < -0.3 is 10.1 Å². The van der Waals surface area contributed by atoms with E-state index in [0.29, 0.717) is 5.41 Å². The highest BCUT2D eigenvalue weighted by atomic mass is 32.2. The van der Waals surface area contributed by atoms with Gasteiger partial charge in [-0.05, 0) is 31.1 Å². The molecule has 0 radical (unpaired) electrons. The van der Waals surface area contributed by atoms with Crippen molar-refractivity contribution in [3.63, 3.8) is 0 Å². The zero-order valence-corrected chi connectivity index (χ0v) is 15.0. The van der Waals surface area contributed by atoms with Gasteiger partial charge in [-0.3, -0.25) is 4.90 Å². The van der Waals surface area contributed by atoms with Crippen molar-refractivity contribution in [2.75, 3.05) is 51.4 Å². The topological polar surface area (TPSA) is 24.5 Å². The second-order valence-electron chi connectivity index (χ2n) is 7.27. The minimum Gasteiger partial charge on any atom is -0.383 e. The monoisotopic (exact) mass is 314 g/mol. The molecular weight excluding hydrogens is 280 g/mol. The van der Waals surface area contributed by atoms with Gasteiger partial charge in [-0.15, -0.1) is 0 Å². The van der Waals surface area contributed by atoms with Crippen molar-refractivity contribution in [1.29, 1.82) is 0 Å². The number of thioether (sulfide) groups is 1. The first-order chi connectivity index (χ1) is 10.2. The normalized spacial score (nSPS) is 35.0. The lowest BCUT2D eigenvalue weighted by atomic mass is 9.69. The first-order valence-corrected chi connectivity index (χ1v) is 9.82. The van der Waals surface area contributed by atoms with Gasteiger partial charge >= 0.3 is 0 Å². The van der Waals surface area contributed by atoms with Crippen molar-refractivity contribution in [2.45, 2.75) is 45.6 Å². The number of hydrogen-bond acceptors (Lipinski definition) is 4. The molecule has 3 unspecified atom stereocenters. The van der Waals surface area contributed by atoms with Crippen LogP contribution in [0.2, 0.25) is 0 Å². The van der Waals surface area contributed by atoms with E-state index in [9.17, 15) is 0 Å². The molecule has 0 aromatic heterocycles. The van der Waals surface area contributed by atoms with Crippen LogP contribution in [0.4, 0.5) is 0 Å². The van der Waals surface area contributed by atoms with Gasteiger partial charge in [0, 0.05) is 50.8 Å². The number of ether oxygens (including phenoxy) is 1. The summed E-state index contributed by atoms with van der Waals surface area (Å²) in [6.07, 6.45) is 5.62. The van der Waals surface area contributed by atoms with E-state index in [1.54, 1.807) is 7.11 Å². The lowest BCUT2D eigenvalue weighted by Gasteiger charge is -2.46. The van der Waals surface area contributed by atoms with Crippen molar-refractivity contribution in [1.82, 2.24) is 10.2 Å². The Hall–Kier alpha value is 0.230. The smallest absolute Gasteiger partial charge is 0.0587 e. The number of methoxy groups -OCH3 is 1. The quantitative estimate of drug-likeness (QED) is 0.730. The van der Waals surface area contributed by atoms with E-state index in [2.05, 4.69) is 35.8 Å². The summed E-state index contributed by atoms with van der Waals surface area (Å²) in [4.78, 5) is 2.76. The van der Waals surface area contributed by atoms with E-state index in [1.807, 2.05) is 0 Å². The van der Waals surface area contributed by atoms with Gasteiger partial charge in [-0.2, -0.15) is 11.8 Å². The van der Waals surface area contributed by atoms with Crippen molar-refractivity contribution in [2.24, 2.45) is 11.3 Å². The molecule has 4 heteroatoms. The van der Waals surface area contributed by atoms with Gasteiger partial charge in [0.05, 0.1) is 6.61 Å². The molecule has 2 fully saturated rings. The van der Waals surface area contributed by atoms with Crippen LogP contribution in [0, 0.1) is 11.3 Å². The van der Waals surface area contributed by atoms with Gasteiger partial charge in [-0.25, -0.2) is 0 Å². The lowest BCUT2D eigenvalue weighted by molar-refractivity contribution is 0.0658. The van der Waals surface area contributed by atoms with Crippen LogP contribution in [0.3, 0.4) is 0 Å². The molecule has 124 valence electrons. The van der Waals surface area contributed by atoms with E-state index in [-0.39, 0.29) is 0 Å². The molecule has 1 N–H and O–H groups in total. The second kappa shape index (κ2) is 8.76. The lowest BCUT2D eigenvalue weighted by Crippen LogP contribution is -2.51. The molecule has 2 aliphatic rings. The molecule has 2 rings (SSSR count). The van der Waals surface area contributed by atoms with Crippen LogP contribution in [0.1, 0.15) is 39.5 Å². The fraction of sp³-hybridized carbons (Fsp3) is 1.00. The van der Waals surface area contributed by atoms with Crippen molar-refractivity contribution in [3.8, 4) is 0 Å². The van der Waals surface area contributed by atoms with Crippen LogP contribution in [0.15, 0.2) is 0 Å². The minimum atomic E-state index is 0.488. The third kappa shape index (κ3) is 5.42. The van der Waals surface area contributed by atoms with E-state index in [0.717, 1.165) is 31.7 Å². The maximum absolute atomic E-state index is 5.18.